The van der Waals surface area contributed by atoms with Gasteiger partial charge in [0, 0.05) is 0 Å². The Kier molecular flexibility index (Phi) is 5.28. The Bertz CT molecular complexity index is 362. The van der Waals surface area contributed by atoms with Crippen molar-refractivity contribution in [2.75, 3.05) is 6.61 Å². The fraction of sp³-hybridized carbons (Fsp3) is 0.273. The molecule has 5 heteroatoms. The minimum absolute atomic E-state index is 0.152. The highest BCUT2D eigenvalue weighted by Gasteiger charge is 1.92. The molecule has 16 heavy (non-hydrogen) atoms. The molecule has 0 radical (unpaired) electrons. The Morgan fingerprint density at radius 3 is 2.75 bits per heavy atom. The number of benzene rings is 1. The van der Waals surface area contributed by atoms with Crippen LogP contribution >= 0.6 is 12.2 Å². The molecule has 1 aromatic rings. The standard InChI is InChI=1S/C11H15N3OS/c1-2-7-15-10-5-3-9(4-6-10)8-13-14-11(12)16/h3-6,8H,2,7H2,1H3,(H3,12,14,16)/b13-8+. The van der Waals surface area contributed by atoms with Gasteiger partial charge < -0.3 is 10.5 Å². The number of ether oxygens (including phenoxy) is 1. The van der Waals surface area contributed by atoms with E-state index in [4.69, 9.17) is 10.5 Å². The average molecular weight is 237 g/mol. The minimum atomic E-state index is 0.152. The number of nitrogens with two attached hydrogens (primary N) is 1. The summed E-state index contributed by atoms with van der Waals surface area (Å²) in [6, 6.07) is 7.63. The van der Waals surface area contributed by atoms with Crippen LogP contribution in [0.15, 0.2) is 29.4 Å². The summed E-state index contributed by atoms with van der Waals surface area (Å²) >= 11 is 4.61. The Morgan fingerprint density at radius 1 is 1.50 bits per heavy atom. The first kappa shape index (κ1) is 12.4. The number of hydrogen-bond acceptors (Lipinski definition) is 3. The molecule has 0 aliphatic rings. The van der Waals surface area contributed by atoms with Crippen LogP contribution in [-0.4, -0.2) is 17.9 Å². The van der Waals surface area contributed by atoms with E-state index >= 15 is 0 Å². The van der Waals surface area contributed by atoms with Gasteiger partial charge in [-0.25, -0.2) is 0 Å². The van der Waals surface area contributed by atoms with E-state index in [1.807, 2.05) is 24.3 Å². The number of rotatable bonds is 5. The van der Waals surface area contributed by atoms with E-state index in [1.54, 1.807) is 6.21 Å². The lowest BCUT2D eigenvalue weighted by atomic mass is 10.2. The molecule has 0 aliphatic heterocycles. The lowest BCUT2D eigenvalue weighted by Gasteiger charge is -2.03. The van der Waals surface area contributed by atoms with Crippen molar-refractivity contribution in [1.29, 1.82) is 0 Å². The normalized spacial score (nSPS) is 10.3. The molecule has 0 amide bonds. The van der Waals surface area contributed by atoms with Crippen LogP contribution in [-0.2, 0) is 0 Å². The zero-order valence-corrected chi connectivity index (χ0v) is 9.96. The third kappa shape index (κ3) is 4.75. The van der Waals surface area contributed by atoms with Gasteiger partial charge in [-0.05, 0) is 48.5 Å². The Morgan fingerprint density at radius 2 is 2.19 bits per heavy atom. The van der Waals surface area contributed by atoms with Gasteiger partial charge in [-0.2, -0.15) is 5.10 Å². The monoisotopic (exact) mass is 237 g/mol. The van der Waals surface area contributed by atoms with Crippen LogP contribution in [0.4, 0.5) is 0 Å². The fourth-order valence-corrected chi connectivity index (χ4v) is 1.09. The molecular weight excluding hydrogens is 222 g/mol. The van der Waals surface area contributed by atoms with E-state index in [0.717, 1.165) is 24.3 Å². The van der Waals surface area contributed by atoms with Gasteiger partial charge in [-0.15, -0.1) is 0 Å². The van der Waals surface area contributed by atoms with Crippen LogP contribution in [0, 0.1) is 0 Å². The minimum Gasteiger partial charge on any atom is -0.494 e. The van der Waals surface area contributed by atoms with Crippen LogP contribution in [0.1, 0.15) is 18.9 Å². The molecule has 1 aromatic carbocycles. The molecule has 0 atom stereocenters. The molecule has 1 rings (SSSR count). The Balaban J connectivity index is 2.50. The van der Waals surface area contributed by atoms with Gasteiger partial charge in [-0.1, -0.05) is 6.92 Å². The number of hydrazone groups is 1. The average Bonchev–Trinajstić information content (AvgIpc) is 2.27. The van der Waals surface area contributed by atoms with Crippen molar-refractivity contribution in [1.82, 2.24) is 5.43 Å². The van der Waals surface area contributed by atoms with Crippen molar-refractivity contribution in [2.24, 2.45) is 10.8 Å². The van der Waals surface area contributed by atoms with Gasteiger partial charge in [0.25, 0.3) is 0 Å². The zero-order chi connectivity index (χ0) is 11.8. The lowest BCUT2D eigenvalue weighted by Crippen LogP contribution is -2.23. The van der Waals surface area contributed by atoms with E-state index in [2.05, 4.69) is 29.7 Å². The fourth-order valence-electron chi connectivity index (χ4n) is 1.04. The van der Waals surface area contributed by atoms with Gasteiger partial charge in [0.15, 0.2) is 5.11 Å². The van der Waals surface area contributed by atoms with Crippen molar-refractivity contribution >= 4 is 23.5 Å². The topological polar surface area (TPSA) is 59.6 Å². The Hall–Kier alpha value is -1.62. The quantitative estimate of drug-likeness (QED) is 0.464. The van der Waals surface area contributed by atoms with Crippen LogP contribution in [0.25, 0.3) is 0 Å². The predicted molar refractivity (Wildman–Crippen MR) is 69.7 cm³/mol. The largest absolute Gasteiger partial charge is 0.494 e. The lowest BCUT2D eigenvalue weighted by molar-refractivity contribution is 0.317. The van der Waals surface area contributed by atoms with Crippen molar-refractivity contribution in [3.63, 3.8) is 0 Å². The molecule has 86 valence electrons. The summed E-state index contributed by atoms with van der Waals surface area (Å²) in [7, 11) is 0. The first-order valence-electron chi connectivity index (χ1n) is 5.03. The molecule has 0 unspecified atom stereocenters. The van der Waals surface area contributed by atoms with Crippen LogP contribution in [0.3, 0.4) is 0 Å². The molecule has 0 heterocycles. The maximum atomic E-state index is 5.45. The number of nitrogens with one attached hydrogen (secondary N) is 1. The molecular formula is C11H15N3OS. The zero-order valence-electron chi connectivity index (χ0n) is 9.14. The summed E-state index contributed by atoms with van der Waals surface area (Å²) in [5, 5.41) is 4.00. The molecule has 0 spiro atoms. The van der Waals surface area contributed by atoms with E-state index in [9.17, 15) is 0 Å². The van der Waals surface area contributed by atoms with Gasteiger partial charge >= 0.3 is 0 Å². The highest BCUT2D eigenvalue weighted by Crippen LogP contribution is 2.11. The van der Waals surface area contributed by atoms with Crippen molar-refractivity contribution in [2.45, 2.75) is 13.3 Å². The maximum absolute atomic E-state index is 5.45. The molecule has 0 saturated carbocycles. The van der Waals surface area contributed by atoms with Crippen molar-refractivity contribution < 1.29 is 4.74 Å². The van der Waals surface area contributed by atoms with Gasteiger partial charge in [0.1, 0.15) is 5.75 Å². The van der Waals surface area contributed by atoms with Crippen LogP contribution in [0.2, 0.25) is 0 Å². The van der Waals surface area contributed by atoms with E-state index < -0.39 is 0 Å². The summed E-state index contributed by atoms with van der Waals surface area (Å²) in [6.07, 6.45) is 2.64. The predicted octanol–water partition coefficient (Wildman–Crippen LogP) is 1.64. The summed E-state index contributed by atoms with van der Waals surface area (Å²) in [5.41, 5.74) is 8.66. The molecule has 0 saturated heterocycles. The first-order valence-corrected chi connectivity index (χ1v) is 5.44. The van der Waals surface area contributed by atoms with E-state index in [0.29, 0.717) is 0 Å². The van der Waals surface area contributed by atoms with Crippen molar-refractivity contribution in [3.8, 4) is 5.75 Å². The summed E-state index contributed by atoms with van der Waals surface area (Å²) in [6.45, 7) is 2.80. The van der Waals surface area contributed by atoms with Crippen molar-refractivity contribution in [3.05, 3.63) is 29.8 Å². The van der Waals surface area contributed by atoms with Gasteiger partial charge in [0.05, 0.1) is 12.8 Å². The SMILES string of the molecule is CCCOc1ccc(/C=N/NC(N)=S)cc1. The number of hydrogen-bond donors (Lipinski definition) is 2. The van der Waals surface area contributed by atoms with E-state index in [1.165, 1.54) is 0 Å². The van der Waals surface area contributed by atoms with Crippen LogP contribution < -0.4 is 15.9 Å². The summed E-state index contributed by atoms with van der Waals surface area (Å²) in [5.74, 6) is 0.862. The molecule has 0 bridgehead atoms. The second-order valence-corrected chi connectivity index (χ2v) is 3.59. The Labute approximate surface area is 100 Å². The number of nitrogens with zero attached hydrogens (tertiary/aromatic N) is 1. The number of thiocarbonyl (C=S) groups is 1. The summed E-state index contributed by atoms with van der Waals surface area (Å²) < 4.78 is 5.45. The third-order valence-electron chi connectivity index (χ3n) is 1.74. The summed E-state index contributed by atoms with van der Waals surface area (Å²) in [4.78, 5) is 0. The first-order chi connectivity index (χ1) is 7.72. The highest BCUT2D eigenvalue weighted by atomic mass is 32.1. The molecule has 0 aliphatic carbocycles. The third-order valence-corrected chi connectivity index (χ3v) is 1.83. The maximum Gasteiger partial charge on any atom is 0.184 e. The van der Waals surface area contributed by atoms with Gasteiger partial charge in [0.2, 0.25) is 0 Å². The van der Waals surface area contributed by atoms with Crippen LogP contribution in [0.5, 0.6) is 5.75 Å². The molecule has 0 aromatic heterocycles. The molecule has 3 N–H and O–H groups in total. The second-order valence-electron chi connectivity index (χ2n) is 3.15. The van der Waals surface area contributed by atoms with Gasteiger partial charge in [-0.3, -0.25) is 5.43 Å². The molecule has 0 fully saturated rings. The second kappa shape index (κ2) is 6.79. The van der Waals surface area contributed by atoms with E-state index in [-0.39, 0.29) is 5.11 Å². The highest BCUT2D eigenvalue weighted by molar-refractivity contribution is 7.80. The molecule has 4 nitrogen and oxygen atoms in total. The smallest absolute Gasteiger partial charge is 0.184 e.